The van der Waals surface area contributed by atoms with Crippen LogP contribution >= 0.6 is 0 Å². The van der Waals surface area contributed by atoms with Crippen molar-refractivity contribution in [3.8, 4) is 5.75 Å². The zero-order valence-corrected chi connectivity index (χ0v) is 13.9. The second kappa shape index (κ2) is 8.97. The molecule has 0 saturated carbocycles. The molecule has 2 aromatic rings. The Morgan fingerprint density at radius 2 is 1.92 bits per heavy atom. The molecule has 2 aromatic carbocycles. The molecule has 0 fully saturated rings. The van der Waals surface area contributed by atoms with Crippen LogP contribution in [0.5, 0.6) is 5.75 Å². The smallest absolute Gasteiger partial charge is 0.341 e. The van der Waals surface area contributed by atoms with Crippen LogP contribution in [0.1, 0.15) is 22.8 Å². The molecular formula is C18H17N3O5. The van der Waals surface area contributed by atoms with Gasteiger partial charge in [0.1, 0.15) is 5.75 Å². The number of hydrogen-bond acceptors (Lipinski definition) is 5. The molecule has 3 N–H and O–H groups in total. The van der Waals surface area contributed by atoms with Gasteiger partial charge in [-0.2, -0.15) is 5.10 Å². The third-order valence-corrected chi connectivity index (χ3v) is 3.05. The molecule has 0 bridgehead atoms. The highest BCUT2D eigenvalue weighted by atomic mass is 16.5. The van der Waals surface area contributed by atoms with Gasteiger partial charge in [0.05, 0.1) is 6.21 Å². The van der Waals surface area contributed by atoms with Crippen LogP contribution < -0.4 is 15.5 Å². The summed E-state index contributed by atoms with van der Waals surface area (Å²) in [6.45, 7) is 0.938. The maximum atomic E-state index is 12.1. The second-order valence-electron chi connectivity index (χ2n) is 5.22. The lowest BCUT2D eigenvalue weighted by Crippen LogP contribution is -2.18. The SMILES string of the molecule is CC(=O)Nc1cccc(C(=O)NN=Cc2cccc(OCC(=O)O)c2)c1. The highest BCUT2D eigenvalue weighted by molar-refractivity contribution is 5.97. The summed E-state index contributed by atoms with van der Waals surface area (Å²) in [5.74, 6) is -1.36. The van der Waals surface area contributed by atoms with E-state index in [9.17, 15) is 14.4 Å². The van der Waals surface area contributed by atoms with Gasteiger partial charge in [-0.3, -0.25) is 9.59 Å². The molecular weight excluding hydrogens is 338 g/mol. The summed E-state index contributed by atoms with van der Waals surface area (Å²) in [6.07, 6.45) is 1.41. The number of aliphatic carboxylic acids is 1. The molecule has 8 nitrogen and oxygen atoms in total. The normalized spacial score (nSPS) is 10.3. The minimum Gasteiger partial charge on any atom is -0.482 e. The molecule has 0 heterocycles. The quantitative estimate of drug-likeness (QED) is 0.518. The summed E-state index contributed by atoms with van der Waals surface area (Å²) in [7, 11) is 0. The number of carboxylic acid groups (broad SMARTS) is 1. The molecule has 0 aliphatic heterocycles. The zero-order valence-electron chi connectivity index (χ0n) is 13.9. The number of nitrogens with one attached hydrogen (secondary N) is 2. The predicted molar refractivity (Wildman–Crippen MR) is 95.4 cm³/mol. The monoisotopic (exact) mass is 355 g/mol. The van der Waals surface area contributed by atoms with E-state index in [4.69, 9.17) is 9.84 Å². The van der Waals surface area contributed by atoms with Gasteiger partial charge in [-0.25, -0.2) is 10.2 Å². The van der Waals surface area contributed by atoms with Crippen LogP contribution in [0.4, 0.5) is 5.69 Å². The number of carbonyl (C=O) groups is 3. The molecule has 0 unspecified atom stereocenters. The van der Waals surface area contributed by atoms with Crippen LogP contribution in [0.3, 0.4) is 0 Å². The Labute approximate surface area is 149 Å². The highest BCUT2D eigenvalue weighted by Gasteiger charge is 2.06. The van der Waals surface area contributed by atoms with Crippen LogP contribution in [0.25, 0.3) is 0 Å². The molecule has 134 valence electrons. The van der Waals surface area contributed by atoms with E-state index < -0.39 is 18.5 Å². The molecule has 0 radical (unpaired) electrons. The summed E-state index contributed by atoms with van der Waals surface area (Å²) in [5.41, 5.74) is 3.86. The Hall–Kier alpha value is -3.68. The number of carbonyl (C=O) groups excluding carboxylic acids is 2. The minimum atomic E-state index is -1.07. The number of rotatable bonds is 7. The van der Waals surface area contributed by atoms with Crippen molar-refractivity contribution in [3.63, 3.8) is 0 Å². The number of carboxylic acids is 1. The lowest BCUT2D eigenvalue weighted by Gasteiger charge is -2.05. The zero-order chi connectivity index (χ0) is 18.9. The van der Waals surface area contributed by atoms with E-state index in [2.05, 4.69) is 15.8 Å². The van der Waals surface area contributed by atoms with E-state index in [1.807, 2.05) is 0 Å². The molecule has 0 aliphatic carbocycles. The van der Waals surface area contributed by atoms with Crippen molar-refractivity contribution < 1.29 is 24.2 Å². The van der Waals surface area contributed by atoms with Gasteiger partial charge in [-0.1, -0.05) is 18.2 Å². The molecule has 0 atom stereocenters. The van der Waals surface area contributed by atoms with Gasteiger partial charge in [0.2, 0.25) is 5.91 Å². The molecule has 0 aromatic heterocycles. The van der Waals surface area contributed by atoms with E-state index in [0.29, 0.717) is 22.6 Å². The Bertz CT molecular complexity index is 848. The van der Waals surface area contributed by atoms with E-state index in [-0.39, 0.29) is 5.91 Å². The second-order valence-corrected chi connectivity index (χ2v) is 5.22. The number of amides is 2. The van der Waals surface area contributed by atoms with E-state index in [0.717, 1.165) is 0 Å². The van der Waals surface area contributed by atoms with Gasteiger partial charge in [0.25, 0.3) is 5.91 Å². The molecule has 8 heteroatoms. The number of hydrogen-bond donors (Lipinski definition) is 3. The molecule has 0 aliphatic rings. The van der Waals surface area contributed by atoms with Crippen LogP contribution in [0.15, 0.2) is 53.6 Å². The lowest BCUT2D eigenvalue weighted by molar-refractivity contribution is -0.139. The fraction of sp³-hybridized carbons (Fsp3) is 0.111. The largest absolute Gasteiger partial charge is 0.482 e. The Balaban J connectivity index is 1.97. The Kier molecular flexibility index (Phi) is 6.44. The van der Waals surface area contributed by atoms with Crippen molar-refractivity contribution in [2.24, 2.45) is 5.10 Å². The van der Waals surface area contributed by atoms with Crippen molar-refractivity contribution in [1.29, 1.82) is 0 Å². The van der Waals surface area contributed by atoms with E-state index in [1.165, 1.54) is 19.2 Å². The van der Waals surface area contributed by atoms with E-state index >= 15 is 0 Å². The third-order valence-electron chi connectivity index (χ3n) is 3.05. The Morgan fingerprint density at radius 3 is 2.65 bits per heavy atom. The van der Waals surface area contributed by atoms with Crippen LogP contribution in [-0.2, 0) is 9.59 Å². The number of hydrazone groups is 1. The van der Waals surface area contributed by atoms with Crippen molar-refractivity contribution in [2.45, 2.75) is 6.92 Å². The fourth-order valence-electron chi connectivity index (χ4n) is 2.00. The summed E-state index contributed by atoms with van der Waals surface area (Å²) in [4.78, 5) is 33.6. The van der Waals surface area contributed by atoms with Gasteiger partial charge >= 0.3 is 5.97 Å². The van der Waals surface area contributed by atoms with Crippen LogP contribution in [-0.4, -0.2) is 35.7 Å². The number of anilines is 1. The summed E-state index contributed by atoms with van der Waals surface area (Å²) >= 11 is 0. The molecule has 0 saturated heterocycles. The summed E-state index contributed by atoms with van der Waals surface area (Å²) < 4.78 is 5.07. The standard InChI is InChI=1S/C18H17N3O5/c1-12(22)20-15-6-3-5-14(9-15)18(25)21-19-10-13-4-2-7-16(8-13)26-11-17(23)24/h2-10H,11H2,1H3,(H,20,22)(H,21,25)(H,23,24). The van der Waals surface area contributed by atoms with Gasteiger partial charge in [-0.05, 0) is 35.9 Å². The van der Waals surface area contributed by atoms with Crippen molar-refractivity contribution in [1.82, 2.24) is 5.43 Å². The van der Waals surface area contributed by atoms with E-state index in [1.54, 1.807) is 42.5 Å². The first-order valence-electron chi connectivity index (χ1n) is 7.60. The van der Waals surface area contributed by atoms with Gasteiger partial charge in [-0.15, -0.1) is 0 Å². The average Bonchev–Trinajstić information content (AvgIpc) is 2.60. The topological polar surface area (TPSA) is 117 Å². The number of nitrogens with zero attached hydrogens (tertiary/aromatic N) is 1. The maximum absolute atomic E-state index is 12.1. The predicted octanol–water partition coefficient (Wildman–Crippen LogP) is 1.87. The van der Waals surface area contributed by atoms with Crippen LogP contribution in [0.2, 0.25) is 0 Å². The average molecular weight is 355 g/mol. The lowest BCUT2D eigenvalue weighted by atomic mass is 10.2. The van der Waals surface area contributed by atoms with Gasteiger partial charge < -0.3 is 15.2 Å². The third kappa shape index (κ3) is 6.08. The van der Waals surface area contributed by atoms with Gasteiger partial charge in [0.15, 0.2) is 6.61 Å². The summed E-state index contributed by atoms with van der Waals surface area (Å²) in [6, 6.07) is 13.1. The Morgan fingerprint density at radius 1 is 1.15 bits per heavy atom. The highest BCUT2D eigenvalue weighted by Crippen LogP contribution is 2.12. The van der Waals surface area contributed by atoms with Crippen molar-refractivity contribution in [2.75, 3.05) is 11.9 Å². The van der Waals surface area contributed by atoms with Gasteiger partial charge in [0, 0.05) is 18.2 Å². The molecule has 0 spiro atoms. The first kappa shape index (κ1) is 18.7. The molecule has 2 rings (SSSR count). The van der Waals surface area contributed by atoms with Crippen LogP contribution in [0, 0.1) is 0 Å². The minimum absolute atomic E-state index is 0.231. The first-order chi connectivity index (χ1) is 12.4. The number of benzene rings is 2. The van der Waals surface area contributed by atoms with Crippen molar-refractivity contribution >= 4 is 29.7 Å². The fourth-order valence-corrected chi connectivity index (χ4v) is 2.00. The maximum Gasteiger partial charge on any atom is 0.341 e. The first-order valence-corrected chi connectivity index (χ1v) is 7.60. The summed E-state index contributed by atoms with van der Waals surface area (Å²) in [5, 5.41) is 15.1. The number of ether oxygens (including phenoxy) is 1. The molecule has 2 amide bonds. The molecule has 26 heavy (non-hydrogen) atoms. The van der Waals surface area contributed by atoms with Crippen molar-refractivity contribution in [3.05, 3.63) is 59.7 Å².